The molecule has 9 heteroatoms. The van der Waals surface area contributed by atoms with E-state index in [2.05, 4.69) is 14.7 Å². The zero-order valence-electron chi connectivity index (χ0n) is 20.0. The van der Waals surface area contributed by atoms with Crippen LogP contribution in [0.3, 0.4) is 0 Å². The molecule has 1 atom stereocenters. The van der Waals surface area contributed by atoms with Crippen molar-refractivity contribution in [1.82, 2.24) is 14.9 Å². The third kappa shape index (κ3) is 4.60. The van der Waals surface area contributed by atoms with Gasteiger partial charge in [-0.05, 0) is 69.4 Å². The summed E-state index contributed by atoms with van der Waals surface area (Å²) in [6.07, 6.45) is 2.47. The number of sulfonamides is 1. The third-order valence-electron chi connectivity index (χ3n) is 6.60. The van der Waals surface area contributed by atoms with E-state index in [4.69, 9.17) is 4.74 Å². The monoisotopic (exact) mass is 492 g/mol. The maximum atomic E-state index is 13.4. The minimum atomic E-state index is -4.05. The number of rotatable bonds is 1. The van der Waals surface area contributed by atoms with Crippen molar-refractivity contribution in [2.45, 2.75) is 50.5 Å². The number of hydrogen-bond acceptors (Lipinski definition) is 6. The number of fused-ring (bicyclic) bond motifs is 6. The van der Waals surface area contributed by atoms with Crippen molar-refractivity contribution in [3.63, 3.8) is 0 Å². The summed E-state index contributed by atoms with van der Waals surface area (Å²) in [5, 5.41) is 0. The number of carbonyl (C=O) groups is 1. The highest BCUT2D eigenvalue weighted by Gasteiger charge is 2.35. The second-order valence-corrected chi connectivity index (χ2v) is 11.2. The van der Waals surface area contributed by atoms with Gasteiger partial charge in [-0.15, -0.1) is 0 Å². The molecule has 2 aromatic carbocycles. The number of hydrogen-bond donors (Lipinski definition) is 1. The summed E-state index contributed by atoms with van der Waals surface area (Å²) in [5.41, 5.74) is 3.10. The molecule has 6 bridgehead atoms. The van der Waals surface area contributed by atoms with Crippen LogP contribution < -0.4 is 9.46 Å². The summed E-state index contributed by atoms with van der Waals surface area (Å²) >= 11 is 0. The zero-order chi connectivity index (χ0) is 24.8. The normalized spacial score (nSPS) is 21.5. The van der Waals surface area contributed by atoms with Crippen molar-refractivity contribution in [2.24, 2.45) is 0 Å². The highest BCUT2D eigenvalue weighted by atomic mass is 32.2. The molecule has 1 amide bonds. The lowest BCUT2D eigenvalue weighted by molar-refractivity contribution is 0.0363. The zero-order valence-corrected chi connectivity index (χ0v) is 20.9. The van der Waals surface area contributed by atoms with Gasteiger partial charge in [0.1, 0.15) is 5.60 Å². The maximum Gasteiger partial charge on any atom is 0.264 e. The summed E-state index contributed by atoms with van der Waals surface area (Å²) in [7, 11) is -4.05. The number of nitrogens with one attached hydrogen (secondary N) is 1. The molecule has 1 fully saturated rings. The van der Waals surface area contributed by atoms with Crippen LogP contribution in [0.5, 0.6) is 5.88 Å². The van der Waals surface area contributed by atoms with Crippen molar-refractivity contribution in [1.29, 1.82) is 0 Å². The van der Waals surface area contributed by atoms with Crippen molar-refractivity contribution >= 4 is 21.9 Å². The number of carbonyl (C=O) groups excluding carboxylic acids is 1. The van der Waals surface area contributed by atoms with Gasteiger partial charge in [-0.2, -0.15) is 4.98 Å². The van der Waals surface area contributed by atoms with Gasteiger partial charge in [-0.1, -0.05) is 24.3 Å². The van der Waals surface area contributed by atoms with E-state index in [1.54, 1.807) is 23.1 Å². The second-order valence-electron chi connectivity index (χ2n) is 9.55. The molecular formula is C26H28N4O4S. The highest BCUT2D eigenvalue weighted by molar-refractivity contribution is 7.92. The van der Waals surface area contributed by atoms with E-state index in [-0.39, 0.29) is 22.6 Å². The van der Waals surface area contributed by atoms with Crippen LogP contribution in [-0.2, 0) is 10.0 Å². The van der Waals surface area contributed by atoms with Crippen LogP contribution in [0.25, 0.3) is 11.3 Å². The molecule has 0 spiro atoms. The summed E-state index contributed by atoms with van der Waals surface area (Å²) < 4.78 is 35.4. The third-order valence-corrected chi connectivity index (χ3v) is 7.93. The van der Waals surface area contributed by atoms with Crippen LogP contribution in [-0.4, -0.2) is 47.9 Å². The van der Waals surface area contributed by atoms with Gasteiger partial charge in [0.05, 0.1) is 17.1 Å². The summed E-state index contributed by atoms with van der Waals surface area (Å²) in [6.45, 7) is 6.89. The summed E-state index contributed by atoms with van der Waals surface area (Å²) in [5.74, 6) is -0.0321. The van der Waals surface area contributed by atoms with Gasteiger partial charge in [0.15, 0.2) is 0 Å². The molecule has 1 unspecified atom stereocenters. The van der Waals surface area contributed by atoms with Crippen LogP contribution in [0.4, 0.5) is 5.95 Å². The van der Waals surface area contributed by atoms with Crippen LogP contribution in [0.1, 0.15) is 47.7 Å². The Morgan fingerprint density at radius 3 is 2.54 bits per heavy atom. The molecule has 35 heavy (non-hydrogen) atoms. The Bertz CT molecular complexity index is 1400. The molecule has 0 saturated carbocycles. The number of benzene rings is 2. The van der Waals surface area contributed by atoms with E-state index in [1.165, 1.54) is 12.1 Å². The van der Waals surface area contributed by atoms with E-state index in [0.29, 0.717) is 24.3 Å². The van der Waals surface area contributed by atoms with Crippen LogP contribution in [0, 0.1) is 13.8 Å². The van der Waals surface area contributed by atoms with Crippen LogP contribution in [0.15, 0.2) is 53.4 Å². The molecule has 8 nitrogen and oxygen atoms in total. The quantitative estimate of drug-likeness (QED) is 0.542. The lowest BCUT2D eigenvalue weighted by atomic mass is 9.99. The summed E-state index contributed by atoms with van der Waals surface area (Å²) in [4.78, 5) is 24.1. The van der Waals surface area contributed by atoms with Gasteiger partial charge in [-0.3, -0.25) is 4.79 Å². The Morgan fingerprint density at radius 1 is 1.03 bits per heavy atom. The largest absolute Gasteiger partial charge is 0.469 e. The Balaban J connectivity index is 1.72. The predicted molar refractivity (Wildman–Crippen MR) is 133 cm³/mol. The molecule has 182 valence electrons. The molecule has 1 N–H and O–H groups in total. The Labute approximate surface area is 205 Å². The van der Waals surface area contributed by atoms with E-state index >= 15 is 0 Å². The summed E-state index contributed by atoms with van der Waals surface area (Å²) in [6, 6.07) is 13.8. The van der Waals surface area contributed by atoms with E-state index < -0.39 is 15.6 Å². The van der Waals surface area contributed by atoms with Gasteiger partial charge in [0, 0.05) is 23.7 Å². The molecular weight excluding hydrogens is 464 g/mol. The van der Waals surface area contributed by atoms with Crippen LogP contribution >= 0.6 is 0 Å². The minimum Gasteiger partial charge on any atom is -0.469 e. The highest BCUT2D eigenvalue weighted by Crippen LogP contribution is 2.33. The lowest BCUT2D eigenvalue weighted by Gasteiger charge is -2.33. The molecule has 3 aromatic rings. The molecule has 2 aliphatic heterocycles. The molecule has 0 radical (unpaired) electrons. The average Bonchev–Trinajstić information content (AvgIpc) is 2.99. The topological polar surface area (TPSA) is 101 Å². The van der Waals surface area contributed by atoms with Crippen molar-refractivity contribution < 1.29 is 17.9 Å². The first-order chi connectivity index (χ1) is 16.6. The van der Waals surface area contributed by atoms with Gasteiger partial charge < -0.3 is 9.64 Å². The molecule has 0 aliphatic carbocycles. The first-order valence-electron chi connectivity index (χ1n) is 11.7. The fraction of sp³-hybridized carbons (Fsp3) is 0.346. The maximum absolute atomic E-state index is 13.4. The van der Waals surface area contributed by atoms with Gasteiger partial charge in [-0.25, -0.2) is 18.1 Å². The van der Waals surface area contributed by atoms with E-state index in [1.807, 2.05) is 39.0 Å². The Hall–Kier alpha value is -3.46. The van der Waals surface area contributed by atoms with Gasteiger partial charge in [0.2, 0.25) is 11.8 Å². The fourth-order valence-electron chi connectivity index (χ4n) is 4.90. The Morgan fingerprint density at radius 2 is 1.77 bits per heavy atom. The minimum absolute atomic E-state index is 0.0243. The van der Waals surface area contributed by atoms with Gasteiger partial charge in [0.25, 0.3) is 15.9 Å². The first-order valence-corrected chi connectivity index (χ1v) is 13.2. The number of nitrogens with zero attached hydrogens (tertiary/aromatic N) is 3. The average molecular weight is 493 g/mol. The molecule has 1 aromatic heterocycles. The SMILES string of the molecule is Cc1cccc(C)c1-c1cc2nc(n1)NS(=O)(=O)c1cccc(c1)C(=O)N1CCCCC(C)(C1)O2. The van der Waals surface area contributed by atoms with Crippen LogP contribution in [0.2, 0.25) is 0 Å². The number of ether oxygens (including phenoxy) is 1. The Kier molecular flexibility index (Phi) is 5.75. The molecule has 2 aliphatic rings. The first kappa shape index (κ1) is 23.3. The number of anilines is 1. The number of aromatic nitrogens is 2. The van der Waals surface area contributed by atoms with Gasteiger partial charge >= 0.3 is 0 Å². The smallest absolute Gasteiger partial charge is 0.264 e. The number of aryl methyl sites for hydroxylation is 2. The second kappa shape index (κ2) is 8.64. The molecule has 5 rings (SSSR count). The van der Waals surface area contributed by atoms with Crippen molar-refractivity contribution in [2.75, 3.05) is 17.8 Å². The standard InChI is InChI=1S/C26H28N4O4S/c1-17-8-6-9-18(2)23(17)21-15-22-28-25(27-21)29-35(32,33)20-11-7-10-19(14-20)24(31)30-13-5-4-12-26(3,16-30)34-22/h6-11,14-15H,4-5,12-13,16H2,1-3H3,(H,27,28,29). The fourth-order valence-corrected chi connectivity index (χ4v) is 5.89. The van der Waals surface area contributed by atoms with E-state index in [9.17, 15) is 13.2 Å². The number of amides is 1. The van der Waals surface area contributed by atoms with E-state index in [0.717, 1.165) is 36.0 Å². The van der Waals surface area contributed by atoms with Crippen molar-refractivity contribution in [3.8, 4) is 17.1 Å². The predicted octanol–water partition coefficient (Wildman–Crippen LogP) is 4.34. The lowest BCUT2D eigenvalue weighted by Crippen LogP contribution is -2.46. The van der Waals surface area contributed by atoms with Crippen molar-refractivity contribution in [3.05, 3.63) is 65.2 Å². The molecule has 3 heterocycles. The molecule has 1 saturated heterocycles.